The van der Waals surface area contributed by atoms with Crippen molar-refractivity contribution in [3.63, 3.8) is 0 Å². The van der Waals surface area contributed by atoms with Crippen molar-refractivity contribution >= 4 is 5.91 Å². The maximum Gasteiger partial charge on any atom is 0.239 e. The normalized spacial score (nSPS) is 12.3. The first-order valence-electron chi connectivity index (χ1n) is 7.12. The second-order valence-electron chi connectivity index (χ2n) is 5.76. The van der Waals surface area contributed by atoms with Gasteiger partial charge < -0.3 is 15.0 Å². The van der Waals surface area contributed by atoms with Crippen LogP contribution >= 0.6 is 0 Å². The van der Waals surface area contributed by atoms with Gasteiger partial charge in [-0.15, -0.1) is 0 Å². The third-order valence-electron chi connectivity index (χ3n) is 3.21. The minimum absolute atomic E-state index is 0.0395. The molecular formula is C16H25FN2O2. The zero-order valence-corrected chi connectivity index (χ0v) is 13.4. The van der Waals surface area contributed by atoms with Gasteiger partial charge in [-0.25, -0.2) is 4.39 Å². The fourth-order valence-electron chi connectivity index (χ4n) is 2.12. The summed E-state index contributed by atoms with van der Waals surface area (Å²) < 4.78 is 18.5. The zero-order valence-electron chi connectivity index (χ0n) is 13.4. The van der Waals surface area contributed by atoms with E-state index in [1.807, 2.05) is 0 Å². The Morgan fingerprint density at radius 1 is 1.38 bits per heavy atom. The van der Waals surface area contributed by atoms with Gasteiger partial charge in [0.2, 0.25) is 5.91 Å². The number of benzene rings is 1. The molecule has 0 saturated carbocycles. The number of halogens is 1. The number of amides is 1. The molecule has 0 bridgehead atoms. The van der Waals surface area contributed by atoms with Gasteiger partial charge in [-0.05, 0) is 30.0 Å². The average molecular weight is 296 g/mol. The maximum absolute atomic E-state index is 13.6. The van der Waals surface area contributed by atoms with E-state index in [1.54, 1.807) is 31.1 Å². The maximum atomic E-state index is 13.6. The number of nitrogens with one attached hydrogen (secondary N) is 1. The van der Waals surface area contributed by atoms with Crippen LogP contribution in [0.5, 0.6) is 5.75 Å². The van der Waals surface area contributed by atoms with E-state index in [1.165, 1.54) is 13.2 Å². The molecule has 1 aromatic carbocycles. The summed E-state index contributed by atoms with van der Waals surface area (Å²) in [5, 5.41) is 3.21. The van der Waals surface area contributed by atoms with Crippen LogP contribution in [0.2, 0.25) is 0 Å². The quantitative estimate of drug-likeness (QED) is 0.840. The van der Waals surface area contributed by atoms with Crippen molar-refractivity contribution in [2.24, 2.45) is 5.92 Å². The minimum atomic E-state index is -0.392. The second kappa shape index (κ2) is 7.98. The van der Waals surface area contributed by atoms with Crippen molar-refractivity contribution in [3.8, 4) is 5.75 Å². The second-order valence-corrected chi connectivity index (χ2v) is 5.76. The summed E-state index contributed by atoms with van der Waals surface area (Å²) in [6, 6.07) is 4.56. The Hall–Kier alpha value is -1.62. The topological polar surface area (TPSA) is 41.6 Å². The molecule has 1 amide bonds. The third-order valence-corrected chi connectivity index (χ3v) is 3.21. The van der Waals surface area contributed by atoms with Gasteiger partial charge in [-0.1, -0.05) is 19.9 Å². The number of hydrogen-bond acceptors (Lipinski definition) is 3. The van der Waals surface area contributed by atoms with Gasteiger partial charge in [0.25, 0.3) is 0 Å². The summed E-state index contributed by atoms with van der Waals surface area (Å²) in [6.07, 6.45) is 0.746. The lowest BCUT2D eigenvalue weighted by molar-refractivity contribution is -0.131. The average Bonchev–Trinajstić information content (AvgIpc) is 2.42. The van der Waals surface area contributed by atoms with Gasteiger partial charge in [-0.2, -0.15) is 0 Å². The molecule has 1 unspecified atom stereocenters. The molecule has 118 valence electrons. The van der Waals surface area contributed by atoms with Crippen LogP contribution < -0.4 is 10.1 Å². The van der Waals surface area contributed by atoms with E-state index < -0.39 is 5.82 Å². The van der Waals surface area contributed by atoms with Gasteiger partial charge in [0.1, 0.15) is 0 Å². The Labute approximate surface area is 126 Å². The molecule has 0 aromatic heterocycles. The number of rotatable bonds is 7. The van der Waals surface area contributed by atoms with Crippen molar-refractivity contribution in [3.05, 3.63) is 29.6 Å². The fraction of sp³-hybridized carbons (Fsp3) is 0.562. The van der Waals surface area contributed by atoms with Crippen molar-refractivity contribution in [2.45, 2.75) is 32.9 Å². The molecule has 0 fully saturated rings. The van der Waals surface area contributed by atoms with Crippen molar-refractivity contribution in [1.82, 2.24) is 10.2 Å². The lowest BCUT2D eigenvalue weighted by atomic mass is 10.0. The first kappa shape index (κ1) is 17.4. The number of carbonyl (C=O) groups excluding carboxylic acids is 1. The molecule has 5 heteroatoms. The molecule has 0 saturated heterocycles. The van der Waals surface area contributed by atoms with Crippen LogP contribution in [0.1, 0.15) is 25.8 Å². The van der Waals surface area contributed by atoms with E-state index >= 15 is 0 Å². The van der Waals surface area contributed by atoms with Gasteiger partial charge in [-0.3, -0.25) is 4.79 Å². The standard InChI is InChI=1S/C16H25FN2O2/c1-11(2)8-14(16(20)19(3)4)18-10-12-6-7-15(21-5)13(17)9-12/h6-7,9,11,14,18H,8,10H2,1-5H3. The van der Waals surface area contributed by atoms with Crippen molar-refractivity contribution in [1.29, 1.82) is 0 Å². The van der Waals surface area contributed by atoms with Gasteiger partial charge in [0, 0.05) is 20.6 Å². The lowest BCUT2D eigenvalue weighted by Gasteiger charge is -2.23. The number of nitrogens with zero attached hydrogens (tertiary/aromatic N) is 1. The molecule has 0 heterocycles. The zero-order chi connectivity index (χ0) is 16.0. The summed E-state index contributed by atoms with van der Waals surface area (Å²) in [5.41, 5.74) is 0.786. The number of carbonyl (C=O) groups is 1. The molecule has 0 aliphatic heterocycles. The molecule has 0 radical (unpaired) electrons. The Morgan fingerprint density at radius 3 is 2.52 bits per heavy atom. The highest BCUT2D eigenvalue weighted by molar-refractivity contribution is 5.81. The van der Waals surface area contributed by atoms with Crippen LogP contribution in [0.4, 0.5) is 4.39 Å². The highest BCUT2D eigenvalue weighted by Gasteiger charge is 2.20. The molecule has 1 rings (SSSR count). The summed E-state index contributed by atoms with van der Waals surface area (Å²) >= 11 is 0. The summed E-state index contributed by atoms with van der Waals surface area (Å²) in [6.45, 7) is 4.59. The largest absolute Gasteiger partial charge is 0.494 e. The molecule has 0 aliphatic carbocycles. The van der Waals surface area contributed by atoms with Gasteiger partial charge in [0.15, 0.2) is 11.6 Å². The van der Waals surface area contributed by atoms with Crippen LogP contribution in [-0.2, 0) is 11.3 Å². The van der Waals surface area contributed by atoms with Crippen molar-refractivity contribution < 1.29 is 13.9 Å². The fourth-order valence-corrected chi connectivity index (χ4v) is 2.12. The highest BCUT2D eigenvalue weighted by atomic mass is 19.1. The predicted molar refractivity (Wildman–Crippen MR) is 81.7 cm³/mol. The third kappa shape index (κ3) is 5.34. The van der Waals surface area contributed by atoms with Crippen molar-refractivity contribution in [2.75, 3.05) is 21.2 Å². The highest BCUT2D eigenvalue weighted by Crippen LogP contribution is 2.18. The molecule has 0 aliphatic rings. The molecule has 4 nitrogen and oxygen atoms in total. The summed E-state index contributed by atoms with van der Waals surface area (Å²) in [5.74, 6) is 0.273. The Kier molecular flexibility index (Phi) is 6.62. The molecule has 0 spiro atoms. The first-order valence-corrected chi connectivity index (χ1v) is 7.12. The predicted octanol–water partition coefficient (Wildman–Crippen LogP) is 2.43. The van der Waals surface area contributed by atoms with Crippen LogP contribution in [0.3, 0.4) is 0 Å². The Bertz CT molecular complexity index is 475. The van der Waals surface area contributed by atoms with Crippen LogP contribution in [0.25, 0.3) is 0 Å². The van der Waals surface area contributed by atoms with Gasteiger partial charge >= 0.3 is 0 Å². The molecule has 1 atom stereocenters. The minimum Gasteiger partial charge on any atom is -0.494 e. The molecule has 1 N–H and O–H groups in total. The smallest absolute Gasteiger partial charge is 0.239 e. The molecular weight excluding hydrogens is 271 g/mol. The Morgan fingerprint density at radius 2 is 2.05 bits per heavy atom. The number of likely N-dealkylation sites (N-methyl/N-ethyl adjacent to an activating group) is 1. The number of ether oxygens (including phenoxy) is 1. The summed E-state index contributed by atoms with van der Waals surface area (Å²) in [4.78, 5) is 13.7. The van der Waals surface area contributed by atoms with E-state index in [0.29, 0.717) is 12.5 Å². The number of hydrogen-bond donors (Lipinski definition) is 1. The number of methoxy groups -OCH3 is 1. The Balaban J connectivity index is 2.72. The van der Waals surface area contributed by atoms with E-state index in [2.05, 4.69) is 19.2 Å². The lowest BCUT2D eigenvalue weighted by Crippen LogP contribution is -2.44. The monoisotopic (exact) mass is 296 g/mol. The van der Waals surface area contributed by atoms with E-state index in [-0.39, 0.29) is 17.7 Å². The van der Waals surface area contributed by atoms with Crippen LogP contribution in [-0.4, -0.2) is 38.1 Å². The van der Waals surface area contributed by atoms with Crippen LogP contribution in [0, 0.1) is 11.7 Å². The van der Waals surface area contributed by atoms with E-state index in [9.17, 15) is 9.18 Å². The van der Waals surface area contributed by atoms with Crippen LogP contribution in [0.15, 0.2) is 18.2 Å². The first-order chi connectivity index (χ1) is 9.85. The SMILES string of the molecule is COc1ccc(CNC(CC(C)C)C(=O)N(C)C)cc1F. The van der Waals surface area contributed by atoms with E-state index in [4.69, 9.17) is 4.74 Å². The molecule has 21 heavy (non-hydrogen) atoms. The molecule has 1 aromatic rings. The van der Waals surface area contributed by atoms with Gasteiger partial charge in [0.05, 0.1) is 13.2 Å². The van der Waals surface area contributed by atoms with E-state index in [0.717, 1.165) is 12.0 Å². The summed E-state index contributed by atoms with van der Waals surface area (Å²) in [7, 11) is 4.92.